The van der Waals surface area contributed by atoms with Crippen LogP contribution in [0.1, 0.15) is 32.8 Å². The van der Waals surface area contributed by atoms with Gasteiger partial charge in [-0.05, 0) is 54.8 Å². The first-order valence-electron chi connectivity index (χ1n) is 8.89. The second-order valence-electron chi connectivity index (χ2n) is 6.66. The quantitative estimate of drug-likeness (QED) is 0.291. The lowest BCUT2D eigenvalue weighted by Gasteiger charge is -2.13. The number of rotatable bonds is 4. The SMILES string of the molecule is Cc1cc(OC(=O)c2ccco2)c2c(C)c(Cc3ccccc3)c(=O)oc2c1. The highest BCUT2D eigenvalue weighted by Crippen LogP contribution is 2.32. The van der Waals surface area contributed by atoms with Gasteiger partial charge in [0, 0.05) is 12.0 Å². The molecule has 0 unspecified atom stereocenters. The number of ether oxygens (including phenoxy) is 1. The van der Waals surface area contributed by atoms with Crippen molar-refractivity contribution in [3.05, 3.63) is 99.3 Å². The molecule has 0 amide bonds. The third-order valence-electron chi connectivity index (χ3n) is 4.64. The van der Waals surface area contributed by atoms with Crippen LogP contribution < -0.4 is 10.4 Å². The summed E-state index contributed by atoms with van der Waals surface area (Å²) in [5.74, 6) is -0.159. The molecule has 4 rings (SSSR count). The third kappa shape index (κ3) is 3.34. The first-order chi connectivity index (χ1) is 13.5. The van der Waals surface area contributed by atoms with Crippen molar-refractivity contribution in [2.45, 2.75) is 20.3 Å². The fourth-order valence-corrected chi connectivity index (χ4v) is 3.27. The van der Waals surface area contributed by atoms with Gasteiger partial charge in [-0.15, -0.1) is 0 Å². The highest BCUT2D eigenvalue weighted by atomic mass is 16.5. The molecule has 5 nitrogen and oxygen atoms in total. The van der Waals surface area contributed by atoms with E-state index in [1.54, 1.807) is 18.2 Å². The molecular formula is C23H18O5. The molecule has 0 aliphatic rings. The van der Waals surface area contributed by atoms with Gasteiger partial charge in [0.05, 0.1) is 11.6 Å². The van der Waals surface area contributed by atoms with Crippen molar-refractivity contribution >= 4 is 16.9 Å². The van der Waals surface area contributed by atoms with Crippen LogP contribution in [0.3, 0.4) is 0 Å². The van der Waals surface area contributed by atoms with Crippen molar-refractivity contribution in [1.82, 2.24) is 0 Å². The van der Waals surface area contributed by atoms with Crippen LogP contribution in [0, 0.1) is 13.8 Å². The maximum Gasteiger partial charge on any atom is 0.379 e. The summed E-state index contributed by atoms with van der Waals surface area (Å²) in [5, 5.41) is 0.607. The summed E-state index contributed by atoms with van der Waals surface area (Å²) in [4.78, 5) is 25.0. The van der Waals surface area contributed by atoms with Gasteiger partial charge < -0.3 is 13.6 Å². The molecular weight excluding hydrogens is 356 g/mol. The van der Waals surface area contributed by atoms with Gasteiger partial charge in [-0.25, -0.2) is 9.59 Å². The lowest BCUT2D eigenvalue weighted by atomic mass is 9.98. The predicted molar refractivity (Wildman–Crippen MR) is 105 cm³/mol. The summed E-state index contributed by atoms with van der Waals surface area (Å²) in [6.07, 6.45) is 1.84. The van der Waals surface area contributed by atoms with Crippen LogP contribution in [0.25, 0.3) is 11.0 Å². The number of fused-ring (bicyclic) bond motifs is 1. The largest absolute Gasteiger partial charge is 0.457 e. The average Bonchev–Trinajstić information content (AvgIpc) is 3.20. The van der Waals surface area contributed by atoms with E-state index in [4.69, 9.17) is 13.6 Å². The Hall–Kier alpha value is -3.60. The molecule has 0 atom stereocenters. The first-order valence-corrected chi connectivity index (χ1v) is 8.89. The zero-order valence-corrected chi connectivity index (χ0v) is 15.5. The van der Waals surface area contributed by atoms with Crippen molar-refractivity contribution < 1.29 is 18.4 Å². The van der Waals surface area contributed by atoms with E-state index in [2.05, 4.69) is 0 Å². The lowest BCUT2D eigenvalue weighted by Crippen LogP contribution is -2.13. The normalized spacial score (nSPS) is 10.9. The Morgan fingerprint density at radius 2 is 1.82 bits per heavy atom. The van der Waals surface area contributed by atoms with E-state index in [9.17, 15) is 9.59 Å². The standard InChI is InChI=1S/C23H18O5/c1-14-11-19-21(20(12-14)28-23(25)18-9-6-10-26-18)15(2)17(22(24)27-19)13-16-7-4-3-5-8-16/h3-12H,13H2,1-2H3. The molecule has 0 spiro atoms. The van der Waals surface area contributed by atoms with E-state index in [0.717, 1.165) is 16.7 Å². The maximum atomic E-state index is 12.6. The number of furan rings is 1. The minimum atomic E-state index is -0.605. The van der Waals surface area contributed by atoms with Crippen LogP contribution >= 0.6 is 0 Å². The molecule has 0 N–H and O–H groups in total. The summed E-state index contributed by atoms with van der Waals surface area (Å²) in [5.41, 5.74) is 3.09. The van der Waals surface area contributed by atoms with E-state index in [-0.39, 0.29) is 11.4 Å². The highest BCUT2D eigenvalue weighted by molar-refractivity contribution is 5.94. The molecule has 0 radical (unpaired) electrons. The fraction of sp³-hybridized carbons (Fsp3) is 0.130. The summed E-state index contributed by atoms with van der Waals surface area (Å²) in [7, 11) is 0. The number of hydrogen-bond donors (Lipinski definition) is 0. The third-order valence-corrected chi connectivity index (χ3v) is 4.64. The summed E-state index contributed by atoms with van der Waals surface area (Å²) in [6.45, 7) is 3.69. The van der Waals surface area contributed by atoms with Crippen LogP contribution in [-0.4, -0.2) is 5.97 Å². The number of hydrogen-bond acceptors (Lipinski definition) is 5. The Morgan fingerprint density at radius 3 is 2.54 bits per heavy atom. The molecule has 0 fully saturated rings. The Morgan fingerprint density at radius 1 is 1.04 bits per heavy atom. The first kappa shape index (κ1) is 17.8. The van der Waals surface area contributed by atoms with E-state index in [0.29, 0.717) is 28.7 Å². The topological polar surface area (TPSA) is 69.7 Å². The summed E-state index contributed by atoms with van der Waals surface area (Å²) in [6, 6.07) is 16.4. The van der Waals surface area contributed by atoms with E-state index < -0.39 is 5.97 Å². The smallest absolute Gasteiger partial charge is 0.379 e. The van der Waals surface area contributed by atoms with Gasteiger partial charge in [-0.3, -0.25) is 0 Å². The summed E-state index contributed by atoms with van der Waals surface area (Å²) >= 11 is 0. The number of carbonyl (C=O) groups excluding carboxylic acids is 1. The van der Waals surface area contributed by atoms with E-state index in [1.807, 2.05) is 44.2 Å². The van der Waals surface area contributed by atoms with Crippen molar-refractivity contribution in [2.75, 3.05) is 0 Å². The van der Waals surface area contributed by atoms with Crippen LogP contribution in [0.5, 0.6) is 5.75 Å². The van der Waals surface area contributed by atoms with Crippen LogP contribution in [-0.2, 0) is 6.42 Å². The van der Waals surface area contributed by atoms with Gasteiger partial charge in [0.25, 0.3) is 0 Å². The van der Waals surface area contributed by atoms with Gasteiger partial charge in [0.2, 0.25) is 5.76 Å². The average molecular weight is 374 g/mol. The van der Waals surface area contributed by atoms with Crippen molar-refractivity contribution in [1.29, 1.82) is 0 Å². The molecule has 0 aliphatic carbocycles. The molecule has 2 aromatic heterocycles. The maximum absolute atomic E-state index is 12.6. The fourth-order valence-electron chi connectivity index (χ4n) is 3.27. The Labute approximate surface area is 161 Å². The predicted octanol–water partition coefficient (Wildman–Crippen LogP) is 4.81. The molecule has 28 heavy (non-hydrogen) atoms. The second-order valence-corrected chi connectivity index (χ2v) is 6.66. The summed E-state index contributed by atoms with van der Waals surface area (Å²) < 4.78 is 16.3. The monoisotopic (exact) mass is 374 g/mol. The van der Waals surface area contributed by atoms with Crippen molar-refractivity contribution in [3.63, 3.8) is 0 Å². The zero-order chi connectivity index (χ0) is 19.7. The number of carbonyl (C=O) groups is 1. The lowest BCUT2D eigenvalue weighted by molar-refractivity contribution is 0.0703. The molecule has 5 heteroatoms. The van der Waals surface area contributed by atoms with E-state index in [1.165, 1.54) is 12.3 Å². The van der Waals surface area contributed by atoms with Crippen LogP contribution in [0.2, 0.25) is 0 Å². The van der Waals surface area contributed by atoms with Gasteiger partial charge in [-0.1, -0.05) is 30.3 Å². The zero-order valence-electron chi connectivity index (χ0n) is 15.5. The minimum Gasteiger partial charge on any atom is -0.457 e. The van der Waals surface area contributed by atoms with Gasteiger partial charge in [0.1, 0.15) is 11.3 Å². The van der Waals surface area contributed by atoms with Crippen LogP contribution in [0.4, 0.5) is 0 Å². The second kappa shape index (κ2) is 7.19. The van der Waals surface area contributed by atoms with Gasteiger partial charge >= 0.3 is 11.6 Å². The van der Waals surface area contributed by atoms with Gasteiger partial charge in [0.15, 0.2) is 0 Å². The molecule has 0 saturated heterocycles. The molecule has 2 heterocycles. The molecule has 0 bridgehead atoms. The van der Waals surface area contributed by atoms with E-state index >= 15 is 0 Å². The highest BCUT2D eigenvalue weighted by Gasteiger charge is 2.19. The number of esters is 1. The number of aryl methyl sites for hydroxylation is 2. The Balaban J connectivity index is 1.84. The molecule has 2 aromatic carbocycles. The molecule has 4 aromatic rings. The minimum absolute atomic E-state index is 0.106. The molecule has 0 aliphatic heterocycles. The number of benzene rings is 2. The Bertz CT molecular complexity index is 1200. The van der Waals surface area contributed by atoms with Crippen molar-refractivity contribution in [3.8, 4) is 5.75 Å². The van der Waals surface area contributed by atoms with Crippen molar-refractivity contribution in [2.24, 2.45) is 0 Å². The Kier molecular flexibility index (Phi) is 4.57. The van der Waals surface area contributed by atoms with Crippen LogP contribution in [0.15, 0.2) is 74.5 Å². The molecule has 140 valence electrons. The molecule has 0 saturated carbocycles. The van der Waals surface area contributed by atoms with Gasteiger partial charge in [-0.2, -0.15) is 0 Å².